The molecule has 1 atom stereocenters. The van der Waals surface area contributed by atoms with E-state index in [-0.39, 0.29) is 5.75 Å². The first-order valence-electron chi connectivity index (χ1n) is 4.57. The predicted molar refractivity (Wildman–Crippen MR) is 50.2 cm³/mol. The van der Waals surface area contributed by atoms with Gasteiger partial charge in [0.2, 0.25) is 0 Å². The molecule has 0 saturated carbocycles. The maximum atomic E-state index is 12.4. The van der Waals surface area contributed by atoms with Crippen molar-refractivity contribution in [3.05, 3.63) is 23.8 Å². The number of rotatable bonds is 0. The molecule has 0 aliphatic carbocycles. The molecule has 16 heavy (non-hydrogen) atoms. The molecule has 86 valence electrons. The molecular formula is C10H8F3NO2. The van der Waals surface area contributed by atoms with Gasteiger partial charge >= 0.3 is 12.1 Å². The molecule has 1 aliphatic heterocycles. The highest BCUT2D eigenvalue weighted by Gasteiger charge is 2.33. The number of halogens is 3. The second-order valence-corrected chi connectivity index (χ2v) is 3.50. The summed E-state index contributed by atoms with van der Waals surface area (Å²) in [7, 11) is 0. The fourth-order valence-corrected chi connectivity index (χ4v) is 1.39. The Morgan fingerprint density at radius 2 is 2.06 bits per heavy atom. The van der Waals surface area contributed by atoms with Crippen molar-refractivity contribution in [3.8, 4) is 5.75 Å². The maximum Gasteiger partial charge on any atom is 0.416 e. The minimum atomic E-state index is -4.44. The van der Waals surface area contributed by atoms with Gasteiger partial charge in [-0.15, -0.1) is 0 Å². The summed E-state index contributed by atoms with van der Waals surface area (Å²) >= 11 is 0. The normalized spacial score (nSPS) is 19.8. The zero-order valence-electron chi connectivity index (χ0n) is 8.26. The van der Waals surface area contributed by atoms with Crippen LogP contribution >= 0.6 is 0 Å². The first kappa shape index (κ1) is 10.8. The van der Waals surface area contributed by atoms with Gasteiger partial charge in [-0.1, -0.05) is 0 Å². The number of anilines is 1. The van der Waals surface area contributed by atoms with Gasteiger partial charge in [0.1, 0.15) is 6.04 Å². The Morgan fingerprint density at radius 3 is 2.69 bits per heavy atom. The molecule has 0 saturated heterocycles. The van der Waals surface area contributed by atoms with Gasteiger partial charge in [0, 0.05) is 0 Å². The monoisotopic (exact) mass is 231 g/mol. The number of fused-ring (bicyclic) bond motifs is 1. The summed E-state index contributed by atoms with van der Waals surface area (Å²) < 4.78 is 41.9. The quantitative estimate of drug-likeness (QED) is 0.550. The van der Waals surface area contributed by atoms with Gasteiger partial charge in [-0.2, -0.15) is 13.2 Å². The fourth-order valence-electron chi connectivity index (χ4n) is 1.39. The number of hydrogen-bond donors (Lipinski definition) is 1. The van der Waals surface area contributed by atoms with E-state index in [0.29, 0.717) is 5.69 Å². The molecule has 0 amide bonds. The van der Waals surface area contributed by atoms with Crippen LogP contribution in [0.3, 0.4) is 0 Å². The summed E-state index contributed by atoms with van der Waals surface area (Å²) in [6, 6.07) is 2.45. The average Bonchev–Trinajstić information content (AvgIpc) is 2.17. The molecule has 0 spiro atoms. The molecule has 2 rings (SSSR count). The second kappa shape index (κ2) is 3.40. The van der Waals surface area contributed by atoms with Crippen LogP contribution in [0.5, 0.6) is 5.75 Å². The molecule has 0 bridgehead atoms. The van der Waals surface area contributed by atoms with E-state index in [1.165, 1.54) is 6.07 Å². The minimum Gasteiger partial charge on any atom is -0.423 e. The van der Waals surface area contributed by atoms with Crippen molar-refractivity contribution >= 4 is 11.7 Å². The Morgan fingerprint density at radius 1 is 1.38 bits per heavy atom. The number of carbonyl (C=O) groups is 1. The third kappa shape index (κ3) is 1.82. The number of benzene rings is 1. The molecule has 1 aliphatic rings. The van der Waals surface area contributed by atoms with Crippen molar-refractivity contribution in [1.29, 1.82) is 0 Å². The average molecular weight is 231 g/mol. The predicted octanol–water partition coefficient (Wildman–Crippen LogP) is 2.42. The Labute approximate surface area is 89.2 Å². The smallest absolute Gasteiger partial charge is 0.416 e. The summed E-state index contributed by atoms with van der Waals surface area (Å²) in [4.78, 5) is 11.2. The van der Waals surface area contributed by atoms with E-state index < -0.39 is 23.8 Å². The number of alkyl halides is 3. The number of carbonyl (C=O) groups excluding carboxylic acids is 1. The molecule has 0 aromatic heterocycles. The van der Waals surface area contributed by atoms with Crippen LogP contribution in [0.4, 0.5) is 18.9 Å². The first-order chi connectivity index (χ1) is 7.38. The van der Waals surface area contributed by atoms with Gasteiger partial charge in [-0.05, 0) is 25.1 Å². The molecule has 6 heteroatoms. The Kier molecular flexibility index (Phi) is 2.29. The lowest BCUT2D eigenvalue weighted by molar-refractivity contribution is -0.139. The topological polar surface area (TPSA) is 38.3 Å². The SMILES string of the molecule is CC1Nc2ccc(C(F)(F)F)cc2OC1=O. The van der Waals surface area contributed by atoms with Crippen molar-refractivity contribution < 1.29 is 22.7 Å². The van der Waals surface area contributed by atoms with Gasteiger partial charge in [-0.3, -0.25) is 0 Å². The van der Waals surface area contributed by atoms with Gasteiger partial charge < -0.3 is 10.1 Å². The zero-order chi connectivity index (χ0) is 11.9. The largest absolute Gasteiger partial charge is 0.423 e. The summed E-state index contributed by atoms with van der Waals surface area (Å²) in [6.07, 6.45) is -4.44. The molecule has 1 aromatic rings. The van der Waals surface area contributed by atoms with Crippen molar-refractivity contribution in [2.24, 2.45) is 0 Å². The summed E-state index contributed by atoms with van der Waals surface area (Å²) in [5.41, 5.74) is -0.449. The molecule has 1 N–H and O–H groups in total. The van der Waals surface area contributed by atoms with Crippen LogP contribution in [-0.2, 0) is 11.0 Å². The van der Waals surface area contributed by atoms with E-state index in [1.807, 2.05) is 0 Å². The van der Waals surface area contributed by atoms with Crippen LogP contribution in [-0.4, -0.2) is 12.0 Å². The lowest BCUT2D eigenvalue weighted by Crippen LogP contribution is -2.34. The number of nitrogens with one attached hydrogen (secondary N) is 1. The lowest BCUT2D eigenvalue weighted by atomic mass is 10.1. The third-order valence-electron chi connectivity index (χ3n) is 2.25. The molecular weight excluding hydrogens is 223 g/mol. The van der Waals surface area contributed by atoms with Crippen LogP contribution in [0, 0.1) is 0 Å². The van der Waals surface area contributed by atoms with Crippen molar-refractivity contribution in [3.63, 3.8) is 0 Å². The Bertz CT molecular complexity index is 442. The van der Waals surface area contributed by atoms with E-state index in [4.69, 9.17) is 4.74 Å². The van der Waals surface area contributed by atoms with Crippen LogP contribution < -0.4 is 10.1 Å². The van der Waals surface area contributed by atoms with Crippen molar-refractivity contribution in [2.45, 2.75) is 19.1 Å². The minimum absolute atomic E-state index is 0.0853. The van der Waals surface area contributed by atoms with Gasteiger partial charge in [0.25, 0.3) is 0 Å². The second-order valence-electron chi connectivity index (χ2n) is 3.50. The highest BCUT2D eigenvalue weighted by Crippen LogP contribution is 2.36. The summed E-state index contributed by atoms with van der Waals surface area (Å²) in [5, 5.41) is 2.75. The zero-order valence-corrected chi connectivity index (χ0v) is 8.26. The standard InChI is InChI=1S/C10H8F3NO2/c1-5-9(15)16-8-4-6(10(11,12)13)2-3-7(8)14-5/h2-5,14H,1H3. The number of esters is 1. The van der Waals surface area contributed by atoms with Crippen LogP contribution in [0.15, 0.2) is 18.2 Å². The van der Waals surface area contributed by atoms with Gasteiger partial charge in [0.15, 0.2) is 5.75 Å². The van der Waals surface area contributed by atoms with Crippen LogP contribution in [0.25, 0.3) is 0 Å². The number of hydrogen-bond acceptors (Lipinski definition) is 3. The first-order valence-corrected chi connectivity index (χ1v) is 4.57. The fraction of sp³-hybridized carbons (Fsp3) is 0.300. The highest BCUT2D eigenvalue weighted by atomic mass is 19.4. The number of ether oxygens (including phenoxy) is 1. The Hall–Kier alpha value is -1.72. The molecule has 3 nitrogen and oxygen atoms in total. The van der Waals surface area contributed by atoms with Crippen molar-refractivity contribution in [2.75, 3.05) is 5.32 Å². The van der Waals surface area contributed by atoms with E-state index in [1.54, 1.807) is 6.92 Å². The molecule has 1 aromatic carbocycles. The molecule has 1 unspecified atom stereocenters. The lowest BCUT2D eigenvalue weighted by Gasteiger charge is -2.23. The Balaban J connectivity index is 2.40. The van der Waals surface area contributed by atoms with E-state index in [2.05, 4.69) is 5.32 Å². The summed E-state index contributed by atoms with van der Waals surface area (Å²) in [6.45, 7) is 1.57. The van der Waals surface area contributed by atoms with E-state index >= 15 is 0 Å². The molecule has 0 radical (unpaired) electrons. The molecule has 0 fully saturated rings. The summed E-state index contributed by atoms with van der Waals surface area (Å²) in [5.74, 6) is -0.676. The van der Waals surface area contributed by atoms with Crippen LogP contribution in [0.1, 0.15) is 12.5 Å². The van der Waals surface area contributed by atoms with Gasteiger partial charge in [0.05, 0.1) is 11.3 Å². The van der Waals surface area contributed by atoms with Crippen LogP contribution in [0.2, 0.25) is 0 Å². The van der Waals surface area contributed by atoms with Crippen molar-refractivity contribution in [1.82, 2.24) is 0 Å². The van der Waals surface area contributed by atoms with E-state index in [9.17, 15) is 18.0 Å². The highest BCUT2D eigenvalue weighted by molar-refractivity contribution is 5.86. The molecule has 1 heterocycles. The van der Waals surface area contributed by atoms with E-state index in [0.717, 1.165) is 12.1 Å². The maximum absolute atomic E-state index is 12.4. The third-order valence-corrected chi connectivity index (χ3v) is 2.25. The van der Waals surface area contributed by atoms with Gasteiger partial charge in [-0.25, -0.2) is 4.79 Å².